The third kappa shape index (κ3) is 2.91. The third-order valence-electron chi connectivity index (χ3n) is 2.97. The lowest BCUT2D eigenvalue weighted by Crippen LogP contribution is -2.13. The van der Waals surface area contributed by atoms with Gasteiger partial charge < -0.3 is 9.84 Å². The summed E-state index contributed by atoms with van der Waals surface area (Å²) in [6, 6.07) is 1.83. The van der Waals surface area contributed by atoms with Gasteiger partial charge in [0.05, 0.1) is 13.0 Å². The van der Waals surface area contributed by atoms with E-state index < -0.39 is 11.9 Å². The Balaban J connectivity index is 3.17. The average molecular weight is 257 g/mol. The molecule has 0 amide bonds. The van der Waals surface area contributed by atoms with Crippen LogP contribution in [0.25, 0.3) is 0 Å². The number of carboxylic acid groups (broad SMARTS) is 1. The molecule has 1 atom stereocenters. The van der Waals surface area contributed by atoms with Crippen LogP contribution in [0.15, 0.2) is 6.07 Å². The largest absolute Gasteiger partial charge is 0.496 e. The number of ether oxygens (including phenoxy) is 1. The summed E-state index contributed by atoms with van der Waals surface area (Å²) in [6.45, 7) is 5.49. The fourth-order valence-electron chi connectivity index (χ4n) is 1.84. The molecule has 3 nitrogen and oxygen atoms in total. The number of halogens is 1. The van der Waals surface area contributed by atoms with Crippen molar-refractivity contribution in [3.05, 3.63) is 27.8 Å². The standard InChI is InChI=1S/C13H17ClO3/c1-7(13(15)16)5-10-6-11(14)9(3)12(17-4)8(10)2/h6-7H,5H2,1-4H3,(H,15,16). The van der Waals surface area contributed by atoms with Crippen LogP contribution < -0.4 is 4.74 Å². The summed E-state index contributed by atoms with van der Waals surface area (Å²) in [5.41, 5.74) is 2.77. The van der Waals surface area contributed by atoms with Crippen LogP contribution in [-0.4, -0.2) is 18.2 Å². The predicted octanol–water partition coefficient (Wildman–Crippen LogP) is 3.23. The Morgan fingerprint density at radius 1 is 1.47 bits per heavy atom. The summed E-state index contributed by atoms with van der Waals surface area (Å²) in [4.78, 5) is 10.9. The molecule has 94 valence electrons. The van der Waals surface area contributed by atoms with Crippen molar-refractivity contribution in [1.82, 2.24) is 0 Å². The molecule has 1 N–H and O–H groups in total. The highest BCUT2D eigenvalue weighted by atomic mass is 35.5. The van der Waals surface area contributed by atoms with E-state index in [4.69, 9.17) is 21.4 Å². The van der Waals surface area contributed by atoms with E-state index in [0.29, 0.717) is 11.4 Å². The summed E-state index contributed by atoms with van der Waals surface area (Å²) in [6.07, 6.45) is 0.456. The van der Waals surface area contributed by atoms with Gasteiger partial charge in [0.15, 0.2) is 0 Å². The van der Waals surface area contributed by atoms with E-state index in [1.54, 1.807) is 14.0 Å². The Kier molecular flexibility index (Phi) is 4.40. The molecule has 0 spiro atoms. The van der Waals surface area contributed by atoms with Gasteiger partial charge in [-0.15, -0.1) is 0 Å². The molecule has 17 heavy (non-hydrogen) atoms. The van der Waals surface area contributed by atoms with Crippen LogP contribution >= 0.6 is 11.6 Å². The molecular formula is C13H17ClO3. The van der Waals surface area contributed by atoms with Gasteiger partial charge in [-0.1, -0.05) is 18.5 Å². The van der Waals surface area contributed by atoms with Crippen LogP contribution in [-0.2, 0) is 11.2 Å². The predicted molar refractivity (Wildman–Crippen MR) is 68.0 cm³/mol. The van der Waals surface area contributed by atoms with Crippen molar-refractivity contribution in [1.29, 1.82) is 0 Å². The minimum absolute atomic E-state index is 0.433. The topological polar surface area (TPSA) is 46.5 Å². The first-order chi connectivity index (χ1) is 7.88. The Hall–Kier alpha value is -1.22. The molecule has 0 saturated carbocycles. The lowest BCUT2D eigenvalue weighted by Gasteiger charge is -2.16. The summed E-state index contributed by atoms with van der Waals surface area (Å²) in [7, 11) is 1.59. The Morgan fingerprint density at radius 3 is 2.53 bits per heavy atom. The zero-order valence-corrected chi connectivity index (χ0v) is 11.3. The molecule has 0 aromatic heterocycles. The van der Waals surface area contributed by atoms with E-state index in [1.807, 2.05) is 19.9 Å². The lowest BCUT2D eigenvalue weighted by molar-refractivity contribution is -0.141. The molecular weight excluding hydrogens is 240 g/mol. The molecule has 1 aromatic carbocycles. The number of hydrogen-bond acceptors (Lipinski definition) is 2. The molecule has 0 saturated heterocycles. The molecule has 4 heteroatoms. The fourth-order valence-corrected chi connectivity index (χ4v) is 2.06. The second kappa shape index (κ2) is 5.41. The zero-order valence-electron chi connectivity index (χ0n) is 10.5. The van der Waals surface area contributed by atoms with E-state index in [0.717, 1.165) is 22.4 Å². The second-order valence-corrected chi connectivity index (χ2v) is 4.65. The second-order valence-electron chi connectivity index (χ2n) is 4.24. The molecule has 0 radical (unpaired) electrons. The Bertz CT molecular complexity index is 441. The maximum absolute atomic E-state index is 10.9. The van der Waals surface area contributed by atoms with E-state index in [1.165, 1.54) is 0 Å². The molecule has 1 aromatic rings. The number of carbonyl (C=O) groups is 1. The first-order valence-corrected chi connectivity index (χ1v) is 5.81. The highest BCUT2D eigenvalue weighted by molar-refractivity contribution is 6.31. The van der Waals surface area contributed by atoms with Crippen LogP contribution in [0, 0.1) is 19.8 Å². The van der Waals surface area contributed by atoms with Crippen LogP contribution in [0.1, 0.15) is 23.6 Å². The highest BCUT2D eigenvalue weighted by Gasteiger charge is 2.17. The molecule has 0 fully saturated rings. The van der Waals surface area contributed by atoms with Gasteiger partial charge >= 0.3 is 5.97 Å². The van der Waals surface area contributed by atoms with Crippen molar-refractivity contribution in [2.45, 2.75) is 27.2 Å². The minimum atomic E-state index is -0.805. The number of hydrogen-bond donors (Lipinski definition) is 1. The number of rotatable bonds is 4. The number of methoxy groups -OCH3 is 1. The first-order valence-electron chi connectivity index (χ1n) is 5.43. The van der Waals surface area contributed by atoms with Gasteiger partial charge in [-0.2, -0.15) is 0 Å². The molecule has 0 aliphatic carbocycles. The maximum Gasteiger partial charge on any atom is 0.306 e. The molecule has 1 rings (SSSR count). The lowest BCUT2D eigenvalue weighted by atomic mass is 9.95. The summed E-state index contributed by atoms with van der Waals surface area (Å²) in [5, 5.41) is 9.53. The molecule has 0 heterocycles. The normalized spacial score (nSPS) is 12.3. The summed E-state index contributed by atoms with van der Waals surface area (Å²) >= 11 is 6.11. The van der Waals surface area contributed by atoms with Gasteiger partial charge in [-0.25, -0.2) is 0 Å². The van der Waals surface area contributed by atoms with Crippen LogP contribution in [0.3, 0.4) is 0 Å². The van der Waals surface area contributed by atoms with Crippen molar-refractivity contribution < 1.29 is 14.6 Å². The quantitative estimate of drug-likeness (QED) is 0.900. The highest BCUT2D eigenvalue weighted by Crippen LogP contribution is 2.33. The van der Waals surface area contributed by atoms with E-state index in [2.05, 4.69) is 0 Å². The maximum atomic E-state index is 10.9. The Morgan fingerprint density at radius 2 is 2.06 bits per heavy atom. The number of benzene rings is 1. The van der Waals surface area contributed by atoms with Gasteiger partial charge in [0.25, 0.3) is 0 Å². The number of aliphatic carboxylic acids is 1. The van der Waals surface area contributed by atoms with Gasteiger partial charge in [-0.3, -0.25) is 4.79 Å². The smallest absolute Gasteiger partial charge is 0.306 e. The van der Waals surface area contributed by atoms with E-state index >= 15 is 0 Å². The Labute approximate surface area is 106 Å². The SMILES string of the molecule is COc1c(C)c(Cl)cc(CC(C)C(=O)O)c1C. The fraction of sp³-hybridized carbons (Fsp3) is 0.462. The third-order valence-corrected chi connectivity index (χ3v) is 3.37. The molecule has 0 aliphatic heterocycles. The van der Waals surface area contributed by atoms with Crippen molar-refractivity contribution in [2.75, 3.05) is 7.11 Å². The van der Waals surface area contributed by atoms with Gasteiger partial charge in [0, 0.05) is 10.6 Å². The summed E-state index contributed by atoms with van der Waals surface area (Å²) < 4.78 is 5.31. The van der Waals surface area contributed by atoms with Crippen LogP contribution in [0.2, 0.25) is 5.02 Å². The van der Waals surface area contributed by atoms with Crippen molar-refractivity contribution in [3.63, 3.8) is 0 Å². The van der Waals surface area contributed by atoms with E-state index in [-0.39, 0.29) is 0 Å². The number of carboxylic acids is 1. The van der Waals surface area contributed by atoms with Crippen LogP contribution in [0.5, 0.6) is 5.75 Å². The van der Waals surface area contributed by atoms with Crippen molar-refractivity contribution in [3.8, 4) is 5.75 Å². The molecule has 0 aliphatic rings. The minimum Gasteiger partial charge on any atom is -0.496 e. The first kappa shape index (κ1) is 13.8. The van der Waals surface area contributed by atoms with Crippen molar-refractivity contribution >= 4 is 17.6 Å². The van der Waals surface area contributed by atoms with Gasteiger partial charge in [0.2, 0.25) is 0 Å². The van der Waals surface area contributed by atoms with Crippen molar-refractivity contribution in [2.24, 2.45) is 5.92 Å². The van der Waals surface area contributed by atoms with Gasteiger partial charge in [0.1, 0.15) is 5.75 Å². The van der Waals surface area contributed by atoms with Gasteiger partial charge in [-0.05, 0) is 37.5 Å². The molecule has 0 bridgehead atoms. The zero-order chi connectivity index (χ0) is 13.2. The average Bonchev–Trinajstić information content (AvgIpc) is 2.26. The summed E-state index contributed by atoms with van der Waals surface area (Å²) in [5.74, 6) is -0.498. The molecule has 1 unspecified atom stereocenters. The van der Waals surface area contributed by atoms with Crippen LogP contribution in [0.4, 0.5) is 0 Å². The van der Waals surface area contributed by atoms with E-state index in [9.17, 15) is 4.79 Å². The monoisotopic (exact) mass is 256 g/mol.